The molecule has 0 bridgehead atoms. The fourth-order valence-electron chi connectivity index (χ4n) is 2.35. The van der Waals surface area contributed by atoms with Crippen molar-refractivity contribution in [3.63, 3.8) is 0 Å². The number of amidine groups is 1. The molecule has 0 atom stereocenters. The lowest BCUT2D eigenvalue weighted by atomic mass is 10.1. The van der Waals surface area contributed by atoms with E-state index in [0.29, 0.717) is 6.61 Å². The number of methoxy groups -OCH3 is 1. The van der Waals surface area contributed by atoms with E-state index in [-0.39, 0.29) is 0 Å². The van der Waals surface area contributed by atoms with Crippen LogP contribution in [0.3, 0.4) is 0 Å². The highest BCUT2D eigenvalue weighted by Crippen LogP contribution is 2.29. The summed E-state index contributed by atoms with van der Waals surface area (Å²) < 4.78 is 5.42. The molecule has 1 heterocycles. The average Bonchev–Trinajstić information content (AvgIpc) is 3.10. The summed E-state index contributed by atoms with van der Waals surface area (Å²) in [4.78, 5) is 10.1. The zero-order valence-electron chi connectivity index (χ0n) is 12.5. The summed E-state index contributed by atoms with van der Waals surface area (Å²) in [7, 11) is 1.64. The molecule has 5 nitrogen and oxygen atoms in total. The molecule has 114 valence electrons. The summed E-state index contributed by atoms with van der Waals surface area (Å²) in [5.41, 5.74) is 5.85. The van der Waals surface area contributed by atoms with Gasteiger partial charge < -0.3 is 10.1 Å². The summed E-state index contributed by atoms with van der Waals surface area (Å²) in [6.07, 6.45) is 0. The first-order valence-corrected chi connectivity index (χ1v) is 7.26. The molecule has 0 spiro atoms. The monoisotopic (exact) mass is 297 g/mol. The summed E-state index contributed by atoms with van der Waals surface area (Å²) in [5, 5.41) is 3.27. The maximum absolute atomic E-state index is 5.64. The molecule has 1 aliphatic heterocycles. The van der Waals surface area contributed by atoms with Gasteiger partial charge in [0.05, 0.1) is 20.3 Å². The van der Waals surface area contributed by atoms with Crippen molar-refractivity contribution in [2.75, 3.05) is 25.7 Å². The van der Waals surface area contributed by atoms with Crippen LogP contribution in [0, 0.1) is 0 Å². The Balaban J connectivity index is 1.76. The lowest BCUT2D eigenvalue weighted by Gasteiger charge is -2.15. The summed E-state index contributed by atoms with van der Waals surface area (Å²) >= 11 is 0. The second-order valence-corrected chi connectivity index (χ2v) is 4.92. The normalized spacial score (nSPS) is 13.4. The molecular formula is C17H19N3O2. The van der Waals surface area contributed by atoms with E-state index >= 15 is 0 Å². The van der Waals surface area contributed by atoms with Crippen LogP contribution in [0.2, 0.25) is 0 Å². The van der Waals surface area contributed by atoms with Crippen LogP contribution in [0.1, 0.15) is 11.1 Å². The minimum absolute atomic E-state index is 0.470. The van der Waals surface area contributed by atoms with Gasteiger partial charge in [0, 0.05) is 12.1 Å². The summed E-state index contributed by atoms with van der Waals surface area (Å²) in [5.74, 6) is 1.59. The molecule has 0 unspecified atom stereocenters. The van der Waals surface area contributed by atoms with Crippen LogP contribution in [-0.4, -0.2) is 26.0 Å². The predicted octanol–water partition coefficient (Wildman–Crippen LogP) is 2.59. The van der Waals surface area contributed by atoms with Gasteiger partial charge in [-0.1, -0.05) is 36.4 Å². The Morgan fingerprint density at radius 2 is 2.00 bits per heavy atom. The number of hydrogen-bond donors (Lipinski definition) is 2. The minimum atomic E-state index is 0.470. The maximum Gasteiger partial charge on any atom is 0.145 e. The van der Waals surface area contributed by atoms with E-state index in [9.17, 15) is 0 Å². The van der Waals surface area contributed by atoms with Crippen molar-refractivity contribution in [2.45, 2.75) is 6.61 Å². The zero-order chi connectivity index (χ0) is 15.2. The van der Waals surface area contributed by atoms with Gasteiger partial charge in [-0.2, -0.15) is 0 Å². The topological polar surface area (TPSA) is 54.9 Å². The number of nitrogens with one attached hydrogen (secondary N) is 2. The number of hydrogen-bond acceptors (Lipinski definition) is 5. The van der Waals surface area contributed by atoms with Gasteiger partial charge in [-0.05, 0) is 17.7 Å². The fraction of sp³-hybridized carbons (Fsp3) is 0.235. The molecule has 0 amide bonds. The highest BCUT2D eigenvalue weighted by Gasteiger charge is 2.16. The number of aliphatic imine (C=N–C) groups is 1. The molecule has 5 heteroatoms. The van der Waals surface area contributed by atoms with E-state index in [0.717, 1.165) is 41.5 Å². The number of benzene rings is 2. The van der Waals surface area contributed by atoms with Crippen molar-refractivity contribution < 1.29 is 9.57 Å². The van der Waals surface area contributed by atoms with Gasteiger partial charge in [-0.15, -0.1) is 0 Å². The van der Waals surface area contributed by atoms with E-state index in [1.54, 1.807) is 7.11 Å². The minimum Gasteiger partial charge on any atom is -0.494 e. The Hall–Kier alpha value is -2.53. The first-order chi connectivity index (χ1) is 10.9. The van der Waals surface area contributed by atoms with Crippen LogP contribution < -0.4 is 15.5 Å². The number of anilines is 1. The Morgan fingerprint density at radius 3 is 2.73 bits per heavy atom. The molecule has 0 saturated heterocycles. The Kier molecular flexibility index (Phi) is 4.56. The Labute approximate surface area is 129 Å². The third kappa shape index (κ3) is 3.20. The number of nitrogens with zero attached hydrogens (tertiary/aromatic N) is 1. The molecule has 0 aliphatic carbocycles. The van der Waals surface area contributed by atoms with Gasteiger partial charge in [-0.25, -0.2) is 0 Å². The van der Waals surface area contributed by atoms with Crippen LogP contribution >= 0.6 is 0 Å². The molecule has 0 fully saturated rings. The molecule has 0 aromatic heterocycles. The van der Waals surface area contributed by atoms with Gasteiger partial charge in [0.15, 0.2) is 0 Å². The molecule has 2 aromatic rings. The van der Waals surface area contributed by atoms with Crippen LogP contribution in [-0.2, 0) is 11.4 Å². The molecule has 2 N–H and O–H groups in total. The average molecular weight is 297 g/mol. The van der Waals surface area contributed by atoms with Crippen molar-refractivity contribution in [3.8, 4) is 5.75 Å². The standard InChI is InChI=1S/C17H19N3O2/c1-21-15-9-5-8-14(17-18-10-11-19-17)16(15)20-22-12-13-6-3-2-4-7-13/h2-9,20H,10-12H2,1H3,(H,18,19). The Morgan fingerprint density at radius 1 is 1.14 bits per heavy atom. The fourth-order valence-corrected chi connectivity index (χ4v) is 2.35. The van der Waals surface area contributed by atoms with Crippen molar-refractivity contribution in [1.82, 2.24) is 5.32 Å². The quantitative estimate of drug-likeness (QED) is 0.805. The second kappa shape index (κ2) is 6.95. The van der Waals surface area contributed by atoms with E-state index < -0.39 is 0 Å². The number of para-hydroxylation sites is 1. The third-order valence-corrected chi connectivity index (χ3v) is 3.43. The smallest absolute Gasteiger partial charge is 0.145 e. The second-order valence-electron chi connectivity index (χ2n) is 4.92. The van der Waals surface area contributed by atoms with Gasteiger partial charge in [0.25, 0.3) is 0 Å². The highest BCUT2D eigenvalue weighted by molar-refractivity contribution is 6.05. The van der Waals surface area contributed by atoms with Crippen molar-refractivity contribution >= 4 is 11.5 Å². The van der Waals surface area contributed by atoms with E-state index in [1.807, 2.05) is 48.5 Å². The van der Waals surface area contributed by atoms with Crippen LogP contribution in [0.25, 0.3) is 0 Å². The molecular weight excluding hydrogens is 278 g/mol. The van der Waals surface area contributed by atoms with Crippen molar-refractivity contribution in [1.29, 1.82) is 0 Å². The predicted molar refractivity (Wildman–Crippen MR) is 87.3 cm³/mol. The maximum atomic E-state index is 5.64. The molecule has 3 rings (SSSR count). The van der Waals surface area contributed by atoms with Crippen molar-refractivity contribution in [2.24, 2.45) is 4.99 Å². The highest BCUT2D eigenvalue weighted by atomic mass is 16.6. The van der Waals surface area contributed by atoms with Crippen LogP contribution in [0.15, 0.2) is 53.5 Å². The molecule has 0 radical (unpaired) electrons. The lowest BCUT2D eigenvalue weighted by Crippen LogP contribution is -2.21. The van der Waals surface area contributed by atoms with Crippen LogP contribution in [0.5, 0.6) is 5.75 Å². The third-order valence-electron chi connectivity index (χ3n) is 3.43. The summed E-state index contributed by atoms with van der Waals surface area (Å²) in [6, 6.07) is 15.8. The van der Waals surface area contributed by atoms with Crippen molar-refractivity contribution in [3.05, 3.63) is 59.7 Å². The lowest BCUT2D eigenvalue weighted by molar-refractivity contribution is 0.179. The molecule has 22 heavy (non-hydrogen) atoms. The first kappa shape index (κ1) is 14.4. The summed E-state index contributed by atoms with van der Waals surface area (Å²) in [6.45, 7) is 2.12. The van der Waals surface area contributed by atoms with Gasteiger partial charge >= 0.3 is 0 Å². The number of ether oxygens (including phenoxy) is 1. The van der Waals surface area contributed by atoms with Gasteiger partial charge in [0.2, 0.25) is 0 Å². The van der Waals surface area contributed by atoms with E-state index in [4.69, 9.17) is 9.57 Å². The largest absolute Gasteiger partial charge is 0.494 e. The van der Waals surface area contributed by atoms with E-state index in [1.165, 1.54) is 0 Å². The van der Waals surface area contributed by atoms with Gasteiger partial charge in [0.1, 0.15) is 17.3 Å². The first-order valence-electron chi connectivity index (χ1n) is 7.26. The van der Waals surface area contributed by atoms with Crippen LogP contribution in [0.4, 0.5) is 5.69 Å². The molecule has 1 aliphatic rings. The van der Waals surface area contributed by atoms with Gasteiger partial charge in [-0.3, -0.25) is 15.3 Å². The SMILES string of the molecule is COc1cccc(C2=NCCN2)c1NOCc1ccccc1. The Bertz CT molecular complexity index is 656. The molecule has 0 saturated carbocycles. The number of rotatable bonds is 6. The van der Waals surface area contributed by atoms with E-state index in [2.05, 4.69) is 15.8 Å². The molecule has 2 aromatic carbocycles. The zero-order valence-corrected chi connectivity index (χ0v) is 12.5.